The molecule has 0 saturated heterocycles. The first-order chi connectivity index (χ1) is 14.7. The number of benzene rings is 3. The second kappa shape index (κ2) is 8.91. The number of ether oxygens (including phenoxy) is 2. The number of hydrogen-bond donors (Lipinski definition) is 2. The van der Waals surface area contributed by atoms with Crippen LogP contribution in [0.25, 0.3) is 10.9 Å². The molecule has 3 aromatic carbocycles. The van der Waals surface area contributed by atoms with Crippen molar-refractivity contribution in [3.05, 3.63) is 94.3 Å². The van der Waals surface area contributed by atoms with E-state index >= 15 is 0 Å². The second-order valence-corrected chi connectivity index (χ2v) is 6.49. The van der Waals surface area contributed by atoms with E-state index in [1.54, 1.807) is 31.5 Å². The van der Waals surface area contributed by atoms with E-state index in [1.165, 1.54) is 0 Å². The summed E-state index contributed by atoms with van der Waals surface area (Å²) in [5.74, 6) is 1.52. The molecule has 0 radical (unpaired) electrons. The topological polar surface area (TPSA) is 88.6 Å². The predicted molar refractivity (Wildman–Crippen MR) is 117 cm³/mol. The van der Waals surface area contributed by atoms with Gasteiger partial charge in [0, 0.05) is 0 Å². The molecule has 0 amide bonds. The molecule has 0 aliphatic carbocycles. The van der Waals surface area contributed by atoms with Gasteiger partial charge in [-0.25, -0.2) is 10.4 Å². The minimum Gasteiger partial charge on any atom is -0.493 e. The van der Waals surface area contributed by atoms with Crippen molar-refractivity contribution in [1.82, 2.24) is 9.97 Å². The standard InChI is InChI=1S/C23H20N4O3/c1-29-21-13-17(11-12-20(21)30-15-16-7-3-2-4-8-16)14-24-27-23-25-19-10-6-5-9-18(19)22(28)26-23/h2-14H,15H2,1H3,(H2,25,26,27,28)/b24-14-. The van der Waals surface area contributed by atoms with Crippen LogP contribution in [0.1, 0.15) is 11.1 Å². The van der Waals surface area contributed by atoms with Gasteiger partial charge in [-0.2, -0.15) is 5.10 Å². The van der Waals surface area contributed by atoms with Gasteiger partial charge in [-0.1, -0.05) is 42.5 Å². The lowest BCUT2D eigenvalue weighted by atomic mass is 10.2. The van der Waals surface area contributed by atoms with E-state index in [2.05, 4.69) is 20.5 Å². The molecule has 0 atom stereocenters. The maximum Gasteiger partial charge on any atom is 0.260 e. The molecule has 1 aromatic heterocycles. The Morgan fingerprint density at radius 2 is 1.83 bits per heavy atom. The van der Waals surface area contributed by atoms with Crippen LogP contribution in [0, 0.1) is 0 Å². The maximum atomic E-state index is 12.1. The molecule has 1 heterocycles. The third kappa shape index (κ3) is 4.47. The van der Waals surface area contributed by atoms with Crippen molar-refractivity contribution in [2.45, 2.75) is 6.61 Å². The van der Waals surface area contributed by atoms with Crippen molar-refractivity contribution in [3.63, 3.8) is 0 Å². The molecule has 0 saturated carbocycles. The summed E-state index contributed by atoms with van der Waals surface area (Å²) in [6.07, 6.45) is 1.61. The molecule has 30 heavy (non-hydrogen) atoms. The molecule has 0 bridgehead atoms. The van der Waals surface area contributed by atoms with Gasteiger partial charge in [-0.05, 0) is 41.5 Å². The van der Waals surface area contributed by atoms with Crippen LogP contribution in [-0.4, -0.2) is 23.3 Å². The monoisotopic (exact) mass is 400 g/mol. The zero-order valence-electron chi connectivity index (χ0n) is 16.3. The largest absolute Gasteiger partial charge is 0.493 e. The number of aromatic amines is 1. The zero-order chi connectivity index (χ0) is 20.8. The predicted octanol–water partition coefficient (Wildman–Crippen LogP) is 3.96. The number of nitrogens with zero attached hydrogens (tertiary/aromatic N) is 2. The lowest BCUT2D eigenvalue weighted by molar-refractivity contribution is 0.284. The molecule has 4 rings (SSSR count). The SMILES string of the molecule is COc1cc(/C=N\Nc2nc3ccccc3c(=O)[nH]2)ccc1OCc1ccccc1. The first kappa shape index (κ1) is 19.2. The molecular formula is C23H20N4O3. The molecule has 0 spiro atoms. The number of para-hydroxylation sites is 1. The third-order valence-electron chi connectivity index (χ3n) is 4.42. The summed E-state index contributed by atoms with van der Waals surface area (Å²) >= 11 is 0. The molecule has 7 nitrogen and oxygen atoms in total. The Balaban J connectivity index is 1.45. The summed E-state index contributed by atoms with van der Waals surface area (Å²) in [6, 6.07) is 22.6. The smallest absolute Gasteiger partial charge is 0.260 e. The number of fused-ring (bicyclic) bond motifs is 1. The van der Waals surface area contributed by atoms with Crippen LogP contribution in [0.4, 0.5) is 5.95 Å². The van der Waals surface area contributed by atoms with Crippen LogP contribution in [-0.2, 0) is 6.61 Å². The molecule has 0 unspecified atom stereocenters. The molecule has 0 aliphatic heterocycles. The quantitative estimate of drug-likeness (QED) is 0.362. The zero-order valence-corrected chi connectivity index (χ0v) is 16.3. The van der Waals surface area contributed by atoms with E-state index in [9.17, 15) is 4.79 Å². The Bertz CT molecular complexity index is 1240. The fraction of sp³-hybridized carbons (Fsp3) is 0.0870. The Morgan fingerprint density at radius 3 is 2.67 bits per heavy atom. The number of H-pyrrole nitrogens is 1. The summed E-state index contributed by atoms with van der Waals surface area (Å²) in [4.78, 5) is 19.1. The summed E-state index contributed by atoms with van der Waals surface area (Å²) in [7, 11) is 1.59. The van der Waals surface area contributed by atoms with Gasteiger partial charge in [-0.15, -0.1) is 0 Å². The Kier molecular flexibility index (Phi) is 5.70. The second-order valence-electron chi connectivity index (χ2n) is 6.49. The van der Waals surface area contributed by atoms with Crippen molar-refractivity contribution in [1.29, 1.82) is 0 Å². The summed E-state index contributed by atoms with van der Waals surface area (Å²) in [5.41, 5.74) is 5.01. The molecule has 4 aromatic rings. The fourth-order valence-electron chi connectivity index (χ4n) is 2.93. The third-order valence-corrected chi connectivity index (χ3v) is 4.42. The van der Waals surface area contributed by atoms with Crippen LogP contribution >= 0.6 is 0 Å². The van der Waals surface area contributed by atoms with Gasteiger partial charge in [0.2, 0.25) is 5.95 Å². The van der Waals surface area contributed by atoms with E-state index in [-0.39, 0.29) is 11.5 Å². The van der Waals surface area contributed by atoms with Crippen LogP contribution in [0.2, 0.25) is 0 Å². The van der Waals surface area contributed by atoms with Gasteiger partial charge in [0.05, 0.1) is 24.2 Å². The number of nitrogens with one attached hydrogen (secondary N) is 2. The van der Waals surface area contributed by atoms with E-state index in [0.717, 1.165) is 11.1 Å². The van der Waals surface area contributed by atoms with Gasteiger partial charge >= 0.3 is 0 Å². The van der Waals surface area contributed by atoms with Crippen molar-refractivity contribution < 1.29 is 9.47 Å². The molecule has 0 aliphatic rings. The average Bonchev–Trinajstić information content (AvgIpc) is 2.79. The van der Waals surface area contributed by atoms with Crippen molar-refractivity contribution in [3.8, 4) is 11.5 Å². The van der Waals surface area contributed by atoms with Gasteiger partial charge in [0.15, 0.2) is 11.5 Å². The number of hydrogen-bond acceptors (Lipinski definition) is 6. The molecule has 0 fully saturated rings. The van der Waals surface area contributed by atoms with Gasteiger partial charge in [-0.3, -0.25) is 9.78 Å². The maximum absolute atomic E-state index is 12.1. The summed E-state index contributed by atoms with van der Waals surface area (Å²) in [6.45, 7) is 0.452. The highest BCUT2D eigenvalue weighted by molar-refractivity contribution is 5.82. The van der Waals surface area contributed by atoms with Crippen molar-refractivity contribution >= 4 is 23.1 Å². The Morgan fingerprint density at radius 1 is 1.03 bits per heavy atom. The summed E-state index contributed by atoms with van der Waals surface area (Å²) in [5, 5.41) is 4.68. The molecule has 150 valence electrons. The Labute approximate surface area is 173 Å². The minimum absolute atomic E-state index is 0.222. The average molecular weight is 400 g/mol. The minimum atomic E-state index is -0.222. The van der Waals surface area contributed by atoms with Crippen molar-refractivity contribution in [2.75, 3.05) is 12.5 Å². The van der Waals surface area contributed by atoms with Gasteiger partial charge in [0.1, 0.15) is 6.61 Å². The van der Waals surface area contributed by atoms with E-state index in [0.29, 0.717) is 29.0 Å². The first-order valence-electron chi connectivity index (χ1n) is 9.36. The number of hydrazone groups is 1. The number of aromatic nitrogens is 2. The van der Waals surface area contributed by atoms with E-state index in [1.807, 2.05) is 54.6 Å². The van der Waals surface area contributed by atoms with Gasteiger partial charge < -0.3 is 9.47 Å². The van der Waals surface area contributed by atoms with Crippen molar-refractivity contribution in [2.24, 2.45) is 5.10 Å². The lowest BCUT2D eigenvalue weighted by Gasteiger charge is -2.11. The van der Waals surface area contributed by atoms with E-state index in [4.69, 9.17) is 9.47 Å². The molecular weight excluding hydrogens is 380 g/mol. The molecule has 2 N–H and O–H groups in total. The number of rotatable bonds is 7. The summed E-state index contributed by atoms with van der Waals surface area (Å²) < 4.78 is 11.3. The van der Waals surface area contributed by atoms with Crippen LogP contribution in [0.3, 0.4) is 0 Å². The first-order valence-corrected chi connectivity index (χ1v) is 9.36. The number of anilines is 1. The van der Waals surface area contributed by atoms with E-state index < -0.39 is 0 Å². The highest BCUT2D eigenvalue weighted by Gasteiger charge is 2.06. The lowest BCUT2D eigenvalue weighted by Crippen LogP contribution is -2.10. The molecule has 7 heteroatoms. The normalized spacial score (nSPS) is 11.0. The van der Waals surface area contributed by atoms with Crippen LogP contribution in [0.15, 0.2) is 82.7 Å². The highest BCUT2D eigenvalue weighted by atomic mass is 16.5. The van der Waals surface area contributed by atoms with Gasteiger partial charge in [0.25, 0.3) is 5.56 Å². The highest BCUT2D eigenvalue weighted by Crippen LogP contribution is 2.28. The number of methoxy groups -OCH3 is 1. The Hall–Kier alpha value is -4.13. The van der Waals surface area contributed by atoms with Crippen LogP contribution in [0.5, 0.6) is 11.5 Å². The van der Waals surface area contributed by atoms with Crippen LogP contribution < -0.4 is 20.5 Å². The fourth-order valence-corrected chi connectivity index (χ4v) is 2.93.